The van der Waals surface area contributed by atoms with Gasteiger partial charge in [0, 0.05) is 0 Å². The SMILES string of the molecule is CC(C)[C@H](NC(N)=O)C(=O)NCCOc1ccc(C(C)(C)C)cc1. The maximum Gasteiger partial charge on any atom is 0.312 e. The Labute approximate surface area is 144 Å². The molecule has 0 aliphatic heterocycles. The van der Waals surface area contributed by atoms with Crippen LogP contribution in [0.2, 0.25) is 0 Å². The van der Waals surface area contributed by atoms with E-state index in [4.69, 9.17) is 10.5 Å². The van der Waals surface area contributed by atoms with E-state index < -0.39 is 12.1 Å². The van der Waals surface area contributed by atoms with E-state index in [1.807, 2.05) is 38.1 Å². The van der Waals surface area contributed by atoms with Crippen LogP contribution in [0.15, 0.2) is 24.3 Å². The van der Waals surface area contributed by atoms with Crippen molar-refractivity contribution >= 4 is 11.9 Å². The standard InChI is InChI=1S/C18H29N3O3/c1-12(2)15(21-17(19)23)16(22)20-10-11-24-14-8-6-13(7-9-14)18(3,4)5/h6-9,12,15H,10-11H2,1-5H3,(H,20,22)(H3,19,21,23)/t15-/m0/s1. The van der Waals surface area contributed by atoms with Gasteiger partial charge < -0.3 is 21.1 Å². The molecule has 0 aromatic heterocycles. The molecule has 0 aliphatic rings. The number of amides is 3. The number of ether oxygens (including phenoxy) is 1. The predicted octanol–water partition coefficient (Wildman–Crippen LogP) is 2.17. The summed E-state index contributed by atoms with van der Waals surface area (Å²) in [6, 6.07) is 6.58. The second-order valence-electron chi connectivity index (χ2n) is 7.14. The van der Waals surface area contributed by atoms with Crippen molar-refractivity contribution in [3.8, 4) is 5.75 Å². The molecule has 0 fully saturated rings. The van der Waals surface area contributed by atoms with Crippen LogP contribution in [0.3, 0.4) is 0 Å². The summed E-state index contributed by atoms with van der Waals surface area (Å²) < 4.78 is 5.62. The lowest BCUT2D eigenvalue weighted by Gasteiger charge is -2.21. The van der Waals surface area contributed by atoms with Crippen LogP contribution >= 0.6 is 0 Å². The van der Waals surface area contributed by atoms with Gasteiger partial charge in [0.1, 0.15) is 18.4 Å². The van der Waals surface area contributed by atoms with Crippen LogP contribution in [0.25, 0.3) is 0 Å². The van der Waals surface area contributed by atoms with Crippen molar-refractivity contribution in [2.75, 3.05) is 13.2 Å². The molecule has 0 bridgehead atoms. The molecule has 6 nitrogen and oxygen atoms in total. The van der Waals surface area contributed by atoms with Crippen LogP contribution in [0.5, 0.6) is 5.75 Å². The third-order valence-corrected chi connectivity index (χ3v) is 3.64. The number of hydrogen-bond acceptors (Lipinski definition) is 3. The van der Waals surface area contributed by atoms with Gasteiger partial charge in [-0.2, -0.15) is 0 Å². The molecule has 1 aromatic carbocycles. The number of nitrogens with two attached hydrogens (primary N) is 1. The molecule has 134 valence electrons. The van der Waals surface area contributed by atoms with Gasteiger partial charge in [-0.05, 0) is 29.0 Å². The fraction of sp³-hybridized carbons (Fsp3) is 0.556. The minimum Gasteiger partial charge on any atom is -0.492 e. The first-order valence-corrected chi connectivity index (χ1v) is 8.18. The molecule has 1 aromatic rings. The quantitative estimate of drug-likeness (QED) is 0.667. The van der Waals surface area contributed by atoms with Gasteiger partial charge in [-0.15, -0.1) is 0 Å². The van der Waals surface area contributed by atoms with E-state index in [9.17, 15) is 9.59 Å². The number of primary amides is 1. The van der Waals surface area contributed by atoms with Crippen LogP contribution in [0.1, 0.15) is 40.2 Å². The van der Waals surface area contributed by atoms with E-state index in [1.54, 1.807) is 0 Å². The molecule has 0 saturated heterocycles. The third kappa shape index (κ3) is 6.48. The number of carbonyl (C=O) groups excluding carboxylic acids is 2. The first-order valence-electron chi connectivity index (χ1n) is 8.18. The van der Waals surface area contributed by atoms with Crippen LogP contribution in [-0.2, 0) is 10.2 Å². The molecule has 0 aliphatic carbocycles. The average Bonchev–Trinajstić information content (AvgIpc) is 2.48. The van der Waals surface area contributed by atoms with Crippen molar-refractivity contribution < 1.29 is 14.3 Å². The van der Waals surface area contributed by atoms with Gasteiger partial charge in [-0.25, -0.2) is 4.79 Å². The summed E-state index contributed by atoms with van der Waals surface area (Å²) in [7, 11) is 0. The molecule has 0 radical (unpaired) electrons. The third-order valence-electron chi connectivity index (χ3n) is 3.64. The van der Waals surface area contributed by atoms with Gasteiger partial charge in [0.25, 0.3) is 0 Å². The van der Waals surface area contributed by atoms with E-state index in [-0.39, 0.29) is 17.2 Å². The fourth-order valence-corrected chi connectivity index (χ4v) is 2.19. The van der Waals surface area contributed by atoms with Crippen molar-refractivity contribution in [3.63, 3.8) is 0 Å². The van der Waals surface area contributed by atoms with Gasteiger partial charge in [0.15, 0.2) is 0 Å². The zero-order valence-electron chi connectivity index (χ0n) is 15.2. The van der Waals surface area contributed by atoms with Gasteiger partial charge in [0.2, 0.25) is 5.91 Å². The highest BCUT2D eigenvalue weighted by Gasteiger charge is 2.22. The number of urea groups is 1. The lowest BCUT2D eigenvalue weighted by Crippen LogP contribution is -2.51. The molecule has 0 heterocycles. The fourth-order valence-electron chi connectivity index (χ4n) is 2.19. The number of rotatable bonds is 7. The second kappa shape index (κ2) is 8.57. The summed E-state index contributed by atoms with van der Waals surface area (Å²) in [6.45, 7) is 10.9. The molecule has 3 amide bonds. The summed E-state index contributed by atoms with van der Waals surface area (Å²) in [6.07, 6.45) is 0. The molecule has 0 saturated carbocycles. The summed E-state index contributed by atoms with van der Waals surface area (Å²) in [4.78, 5) is 23.0. The van der Waals surface area contributed by atoms with E-state index in [1.165, 1.54) is 5.56 Å². The van der Waals surface area contributed by atoms with E-state index in [0.29, 0.717) is 13.2 Å². The van der Waals surface area contributed by atoms with Crippen LogP contribution in [0.4, 0.5) is 4.79 Å². The summed E-state index contributed by atoms with van der Waals surface area (Å²) in [5, 5.41) is 5.19. The predicted molar refractivity (Wildman–Crippen MR) is 95.0 cm³/mol. The van der Waals surface area contributed by atoms with Crippen molar-refractivity contribution in [3.05, 3.63) is 29.8 Å². The molecule has 0 spiro atoms. The Hall–Kier alpha value is -2.24. The first kappa shape index (κ1) is 19.8. The van der Waals surface area contributed by atoms with Crippen LogP contribution in [-0.4, -0.2) is 31.1 Å². The average molecular weight is 335 g/mol. The highest BCUT2D eigenvalue weighted by molar-refractivity contribution is 5.86. The largest absolute Gasteiger partial charge is 0.492 e. The summed E-state index contributed by atoms with van der Waals surface area (Å²) in [5.74, 6) is 0.437. The zero-order valence-corrected chi connectivity index (χ0v) is 15.2. The highest BCUT2D eigenvalue weighted by Crippen LogP contribution is 2.24. The maximum atomic E-state index is 12.0. The molecular formula is C18H29N3O3. The zero-order chi connectivity index (χ0) is 18.3. The van der Waals surface area contributed by atoms with Gasteiger partial charge in [0.05, 0.1) is 6.54 Å². The van der Waals surface area contributed by atoms with Crippen LogP contribution in [0, 0.1) is 5.92 Å². The van der Waals surface area contributed by atoms with E-state index in [0.717, 1.165) is 5.75 Å². The first-order chi connectivity index (χ1) is 11.1. The molecule has 4 N–H and O–H groups in total. The smallest absolute Gasteiger partial charge is 0.312 e. The lowest BCUT2D eigenvalue weighted by atomic mass is 9.87. The minimum absolute atomic E-state index is 0.0524. The normalized spacial score (nSPS) is 12.6. The number of carbonyl (C=O) groups is 2. The maximum absolute atomic E-state index is 12.0. The summed E-state index contributed by atoms with van der Waals surface area (Å²) in [5.41, 5.74) is 6.43. The van der Waals surface area contributed by atoms with Gasteiger partial charge in [-0.3, -0.25) is 4.79 Å². The molecule has 6 heteroatoms. The van der Waals surface area contributed by atoms with Gasteiger partial charge in [-0.1, -0.05) is 46.8 Å². The van der Waals surface area contributed by atoms with Crippen LogP contribution < -0.4 is 21.1 Å². The number of benzene rings is 1. The van der Waals surface area contributed by atoms with Crippen molar-refractivity contribution in [2.24, 2.45) is 11.7 Å². The Morgan fingerprint density at radius 2 is 1.75 bits per heavy atom. The molecule has 1 rings (SSSR count). The lowest BCUT2D eigenvalue weighted by molar-refractivity contribution is -0.123. The molecule has 0 unspecified atom stereocenters. The Kier molecular flexibility index (Phi) is 7.07. The van der Waals surface area contributed by atoms with E-state index in [2.05, 4.69) is 31.4 Å². The van der Waals surface area contributed by atoms with Gasteiger partial charge >= 0.3 is 6.03 Å². The monoisotopic (exact) mass is 335 g/mol. The minimum atomic E-state index is -0.709. The Balaban J connectivity index is 2.42. The number of hydrogen-bond donors (Lipinski definition) is 3. The van der Waals surface area contributed by atoms with Crippen molar-refractivity contribution in [1.82, 2.24) is 10.6 Å². The topological polar surface area (TPSA) is 93.5 Å². The number of nitrogens with one attached hydrogen (secondary N) is 2. The summed E-state index contributed by atoms with van der Waals surface area (Å²) >= 11 is 0. The molecular weight excluding hydrogens is 306 g/mol. The van der Waals surface area contributed by atoms with E-state index >= 15 is 0 Å². The Bertz CT molecular complexity index is 548. The second-order valence-corrected chi connectivity index (χ2v) is 7.14. The Morgan fingerprint density at radius 3 is 2.21 bits per heavy atom. The molecule has 24 heavy (non-hydrogen) atoms. The molecule has 1 atom stereocenters. The van der Waals surface area contributed by atoms with Crippen molar-refractivity contribution in [1.29, 1.82) is 0 Å². The van der Waals surface area contributed by atoms with Crippen molar-refractivity contribution in [2.45, 2.75) is 46.1 Å². The Morgan fingerprint density at radius 1 is 1.17 bits per heavy atom. The highest BCUT2D eigenvalue weighted by atomic mass is 16.5.